The van der Waals surface area contributed by atoms with E-state index >= 15 is 0 Å². The molecule has 0 spiro atoms. The molecule has 0 aliphatic rings. The van der Waals surface area contributed by atoms with E-state index in [-0.39, 0.29) is 5.91 Å². The first kappa shape index (κ1) is 13.5. The first-order chi connectivity index (χ1) is 10.1. The van der Waals surface area contributed by atoms with Crippen LogP contribution < -0.4 is 5.32 Å². The minimum absolute atomic E-state index is 0.218. The van der Waals surface area contributed by atoms with Gasteiger partial charge in [-0.1, -0.05) is 12.1 Å². The second kappa shape index (κ2) is 5.49. The molecule has 0 saturated heterocycles. The van der Waals surface area contributed by atoms with Crippen molar-refractivity contribution in [2.45, 2.75) is 6.92 Å². The van der Waals surface area contributed by atoms with Gasteiger partial charge in [-0.25, -0.2) is 4.98 Å². The number of carbonyl (C=O) groups excluding carboxylic acids is 1. The van der Waals surface area contributed by atoms with Crippen LogP contribution in [0.15, 0.2) is 41.9 Å². The summed E-state index contributed by atoms with van der Waals surface area (Å²) in [7, 11) is 1.76. The zero-order chi connectivity index (χ0) is 14.8. The van der Waals surface area contributed by atoms with E-state index in [9.17, 15) is 4.79 Å². The van der Waals surface area contributed by atoms with Gasteiger partial charge in [-0.3, -0.25) is 9.48 Å². The van der Waals surface area contributed by atoms with Crippen LogP contribution in [0.2, 0.25) is 0 Å². The number of nitrogens with zero attached hydrogens (tertiary/aromatic N) is 3. The Bertz CT molecular complexity index is 760. The highest BCUT2D eigenvalue weighted by Gasteiger charge is 2.15. The normalized spacial score (nSPS) is 10.6. The summed E-state index contributed by atoms with van der Waals surface area (Å²) in [5, 5.41) is 9.14. The minimum atomic E-state index is -0.218. The van der Waals surface area contributed by atoms with Gasteiger partial charge in [-0.05, 0) is 36.1 Å². The summed E-state index contributed by atoms with van der Waals surface area (Å²) < 4.78 is 1.58. The molecule has 1 N–H and O–H groups in total. The maximum atomic E-state index is 12.3. The van der Waals surface area contributed by atoms with E-state index in [0.717, 1.165) is 16.1 Å². The molecule has 0 aromatic carbocycles. The lowest BCUT2D eigenvalue weighted by Gasteiger charge is -2.04. The van der Waals surface area contributed by atoms with Crippen LogP contribution in [0.3, 0.4) is 0 Å². The Hall–Kier alpha value is -2.47. The highest BCUT2D eigenvalue weighted by molar-refractivity contribution is 7.13. The molecule has 0 fully saturated rings. The molecule has 6 heteroatoms. The molecule has 1 amide bonds. The first-order valence-corrected chi connectivity index (χ1v) is 7.33. The first-order valence-electron chi connectivity index (χ1n) is 6.45. The molecule has 21 heavy (non-hydrogen) atoms. The molecule has 3 rings (SSSR count). The lowest BCUT2D eigenvalue weighted by molar-refractivity contribution is 0.101. The molecule has 0 saturated carbocycles. The summed E-state index contributed by atoms with van der Waals surface area (Å²) in [4.78, 5) is 17.5. The van der Waals surface area contributed by atoms with Gasteiger partial charge in [0, 0.05) is 13.2 Å². The molecule has 3 heterocycles. The lowest BCUT2D eigenvalue weighted by Crippen LogP contribution is -2.16. The number of hydrogen-bond acceptors (Lipinski definition) is 4. The molecule has 5 nitrogen and oxygen atoms in total. The summed E-state index contributed by atoms with van der Waals surface area (Å²) in [5.74, 6) is 0.314. The van der Waals surface area contributed by atoms with Gasteiger partial charge in [0.15, 0.2) is 0 Å². The summed E-state index contributed by atoms with van der Waals surface area (Å²) >= 11 is 1.60. The topological polar surface area (TPSA) is 59.8 Å². The SMILES string of the molecule is Cc1ccc(NC(=O)c2cc(-c3cccs3)nn2C)nc1. The minimum Gasteiger partial charge on any atom is -0.305 e. The molecule has 106 valence electrons. The van der Waals surface area contributed by atoms with E-state index in [4.69, 9.17) is 0 Å². The number of aromatic nitrogens is 3. The molecule has 3 aromatic rings. The molecule has 3 aromatic heterocycles. The van der Waals surface area contributed by atoms with Gasteiger partial charge in [-0.15, -0.1) is 11.3 Å². The fourth-order valence-corrected chi connectivity index (χ4v) is 2.63. The van der Waals surface area contributed by atoms with Crippen molar-refractivity contribution in [2.75, 3.05) is 5.32 Å². The molecule has 0 atom stereocenters. The Morgan fingerprint density at radius 1 is 1.33 bits per heavy atom. The number of pyridine rings is 1. The van der Waals surface area contributed by atoms with Crippen molar-refractivity contribution in [1.29, 1.82) is 0 Å². The monoisotopic (exact) mass is 298 g/mol. The van der Waals surface area contributed by atoms with Gasteiger partial charge < -0.3 is 5.32 Å². The van der Waals surface area contributed by atoms with E-state index in [1.807, 2.05) is 30.5 Å². The number of anilines is 1. The molecule has 0 bridgehead atoms. The van der Waals surface area contributed by atoms with Crippen molar-refractivity contribution in [3.8, 4) is 10.6 Å². The van der Waals surface area contributed by atoms with Crippen molar-refractivity contribution in [2.24, 2.45) is 7.05 Å². The predicted octanol–water partition coefficient (Wildman–Crippen LogP) is 3.10. The van der Waals surface area contributed by atoms with E-state index in [1.165, 1.54) is 0 Å². The van der Waals surface area contributed by atoms with E-state index < -0.39 is 0 Å². The zero-order valence-electron chi connectivity index (χ0n) is 11.7. The van der Waals surface area contributed by atoms with Crippen molar-refractivity contribution in [3.63, 3.8) is 0 Å². The number of carbonyl (C=O) groups is 1. The molecular weight excluding hydrogens is 284 g/mol. The van der Waals surface area contributed by atoms with E-state index in [1.54, 1.807) is 41.4 Å². The van der Waals surface area contributed by atoms with Gasteiger partial charge in [0.25, 0.3) is 5.91 Å². The van der Waals surface area contributed by atoms with Gasteiger partial charge in [-0.2, -0.15) is 5.10 Å². The van der Waals surface area contributed by atoms with Gasteiger partial charge in [0.2, 0.25) is 0 Å². The van der Waals surface area contributed by atoms with Gasteiger partial charge in [0.05, 0.1) is 4.88 Å². The van der Waals surface area contributed by atoms with Crippen molar-refractivity contribution >= 4 is 23.1 Å². The lowest BCUT2D eigenvalue weighted by atomic mass is 10.3. The van der Waals surface area contributed by atoms with Gasteiger partial charge >= 0.3 is 0 Å². The van der Waals surface area contributed by atoms with Crippen LogP contribution in [-0.4, -0.2) is 20.7 Å². The summed E-state index contributed by atoms with van der Waals surface area (Å²) in [6.07, 6.45) is 1.72. The second-order valence-corrected chi connectivity index (χ2v) is 5.64. The number of aryl methyl sites for hydroxylation is 2. The predicted molar refractivity (Wildman–Crippen MR) is 83.4 cm³/mol. The Morgan fingerprint density at radius 2 is 2.19 bits per heavy atom. The Morgan fingerprint density at radius 3 is 2.86 bits per heavy atom. The highest BCUT2D eigenvalue weighted by Crippen LogP contribution is 2.24. The largest absolute Gasteiger partial charge is 0.305 e. The average molecular weight is 298 g/mol. The second-order valence-electron chi connectivity index (χ2n) is 4.69. The van der Waals surface area contributed by atoms with Crippen LogP contribution >= 0.6 is 11.3 Å². The maximum absolute atomic E-state index is 12.3. The van der Waals surface area contributed by atoms with E-state index in [0.29, 0.717) is 11.5 Å². The standard InChI is InChI=1S/C15H14N4OS/c1-10-5-6-14(16-9-10)17-15(20)12-8-11(18-19(12)2)13-4-3-7-21-13/h3-9H,1-2H3,(H,16,17,20). The third-order valence-corrected chi connectivity index (χ3v) is 3.93. The number of rotatable bonds is 3. The number of hydrogen-bond donors (Lipinski definition) is 1. The van der Waals surface area contributed by atoms with Crippen LogP contribution in [0.4, 0.5) is 5.82 Å². The van der Waals surface area contributed by atoms with Crippen LogP contribution in [0, 0.1) is 6.92 Å². The quantitative estimate of drug-likeness (QED) is 0.808. The van der Waals surface area contributed by atoms with Crippen LogP contribution in [0.1, 0.15) is 16.1 Å². The Balaban J connectivity index is 1.83. The molecule has 0 aliphatic carbocycles. The summed E-state index contributed by atoms with van der Waals surface area (Å²) in [6, 6.07) is 9.42. The third-order valence-electron chi connectivity index (χ3n) is 3.04. The van der Waals surface area contributed by atoms with Crippen molar-refractivity contribution in [1.82, 2.24) is 14.8 Å². The zero-order valence-corrected chi connectivity index (χ0v) is 12.5. The molecular formula is C15H14N4OS. The summed E-state index contributed by atoms with van der Waals surface area (Å²) in [5.41, 5.74) is 2.35. The Kier molecular flexibility index (Phi) is 3.53. The molecule has 0 aliphatic heterocycles. The van der Waals surface area contributed by atoms with Crippen LogP contribution in [0.25, 0.3) is 10.6 Å². The van der Waals surface area contributed by atoms with E-state index in [2.05, 4.69) is 15.4 Å². The Labute approximate surface area is 126 Å². The maximum Gasteiger partial charge on any atom is 0.275 e. The van der Waals surface area contributed by atoms with Crippen molar-refractivity contribution in [3.05, 3.63) is 53.2 Å². The highest BCUT2D eigenvalue weighted by atomic mass is 32.1. The van der Waals surface area contributed by atoms with Crippen LogP contribution in [-0.2, 0) is 7.05 Å². The fourth-order valence-electron chi connectivity index (χ4n) is 1.95. The van der Waals surface area contributed by atoms with Gasteiger partial charge in [0.1, 0.15) is 17.2 Å². The fraction of sp³-hybridized carbons (Fsp3) is 0.133. The summed E-state index contributed by atoms with van der Waals surface area (Å²) in [6.45, 7) is 1.95. The smallest absolute Gasteiger partial charge is 0.275 e. The van der Waals surface area contributed by atoms with Crippen LogP contribution in [0.5, 0.6) is 0 Å². The number of thiophene rings is 1. The molecule has 0 unspecified atom stereocenters. The number of amides is 1. The third kappa shape index (κ3) is 2.85. The molecule has 0 radical (unpaired) electrons. The number of nitrogens with one attached hydrogen (secondary N) is 1. The van der Waals surface area contributed by atoms with Crippen molar-refractivity contribution < 1.29 is 4.79 Å². The average Bonchev–Trinajstić information content (AvgIpc) is 3.10.